The molecule has 15 heavy (non-hydrogen) atoms. The molecule has 0 aromatic heterocycles. The van der Waals surface area contributed by atoms with Crippen LogP contribution in [0.4, 0.5) is 0 Å². The summed E-state index contributed by atoms with van der Waals surface area (Å²) in [6.07, 6.45) is 3.51. The molecule has 0 N–H and O–H groups in total. The normalized spacial score (nSPS) is 18.1. The first-order chi connectivity index (χ1) is 7.16. The summed E-state index contributed by atoms with van der Waals surface area (Å²) in [7, 11) is 1.81. The fraction of sp³-hybridized carbons (Fsp3) is 0.571. The predicted octanol–water partition coefficient (Wildman–Crippen LogP) is 3.52. The van der Waals surface area contributed by atoms with Crippen LogP contribution >= 0.6 is 0 Å². The molecular weight excluding hydrogens is 184 g/mol. The number of hydrogen-bond donors (Lipinski definition) is 0. The number of rotatable bonds is 4. The van der Waals surface area contributed by atoms with E-state index in [0.717, 1.165) is 5.92 Å². The summed E-state index contributed by atoms with van der Waals surface area (Å²) < 4.78 is 5.56. The maximum absolute atomic E-state index is 5.56. The van der Waals surface area contributed by atoms with E-state index < -0.39 is 0 Å². The zero-order chi connectivity index (χ0) is 10.9. The first-order valence-electron chi connectivity index (χ1n) is 5.81. The van der Waals surface area contributed by atoms with Gasteiger partial charge in [-0.2, -0.15) is 0 Å². The van der Waals surface area contributed by atoms with Crippen molar-refractivity contribution in [1.29, 1.82) is 0 Å². The molecule has 2 rings (SSSR count). The van der Waals surface area contributed by atoms with E-state index in [1.54, 1.807) is 0 Å². The van der Waals surface area contributed by atoms with E-state index >= 15 is 0 Å². The van der Waals surface area contributed by atoms with E-state index in [-0.39, 0.29) is 5.60 Å². The highest BCUT2D eigenvalue weighted by Crippen LogP contribution is 2.48. The molecule has 0 saturated heterocycles. The highest BCUT2D eigenvalue weighted by atomic mass is 16.5. The summed E-state index contributed by atoms with van der Waals surface area (Å²) in [5.74, 6) is 0.730. The Morgan fingerprint density at radius 2 is 1.80 bits per heavy atom. The SMILES string of the molecule is COC1(c2ccc(CC(C)C)cc2)CC1. The van der Waals surface area contributed by atoms with Gasteiger partial charge in [-0.3, -0.25) is 0 Å². The van der Waals surface area contributed by atoms with Gasteiger partial charge >= 0.3 is 0 Å². The second-order valence-electron chi connectivity index (χ2n) is 4.99. The zero-order valence-corrected chi connectivity index (χ0v) is 9.92. The van der Waals surface area contributed by atoms with E-state index in [4.69, 9.17) is 4.74 Å². The van der Waals surface area contributed by atoms with Crippen molar-refractivity contribution in [2.45, 2.75) is 38.7 Å². The predicted molar refractivity (Wildman–Crippen MR) is 62.9 cm³/mol. The molecular formula is C14H20O. The molecule has 1 nitrogen and oxygen atoms in total. The van der Waals surface area contributed by atoms with Gasteiger partial charge in [-0.05, 0) is 36.3 Å². The fourth-order valence-corrected chi connectivity index (χ4v) is 2.14. The van der Waals surface area contributed by atoms with Crippen molar-refractivity contribution in [3.05, 3.63) is 35.4 Å². The molecule has 1 saturated carbocycles. The van der Waals surface area contributed by atoms with Gasteiger partial charge in [0, 0.05) is 7.11 Å². The van der Waals surface area contributed by atoms with Crippen LogP contribution in [0.1, 0.15) is 37.8 Å². The molecule has 1 aromatic rings. The molecule has 1 aliphatic rings. The monoisotopic (exact) mass is 204 g/mol. The number of benzene rings is 1. The Bertz CT molecular complexity index is 320. The summed E-state index contributed by atoms with van der Waals surface area (Å²) in [5, 5.41) is 0. The van der Waals surface area contributed by atoms with Crippen LogP contribution in [0.3, 0.4) is 0 Å². The van der Waals surface area contributed by atoms with Gasteiger partial charge in [0.25, 0.3) is 0 Å². The molecule has 1 aliphatic carbocycles. The van der Waals surface area contributed by atoms with E-state index in [1.165, 1.54) is 30.4 Å². The third-order valence-corrected chi connectivity index (χ3v) is 3.22. The van der Waals surface area contributed by atoms with Gasteiger partial charge in [-0.25, -0.2) is 0 Å². The van der Waals surface area contributed by atoms with Crippen molar-refractivity contribution in [1.82, 2.24) is 0 Å². The van der Waals surface area contributed by atoms with Gasteiger partial charge in [0.2, 0.25) is 0 Å². The van der Waals surface area contributed by atoms with Crippen LogP contribution < -0.4 is 0 Å². The average molecular weight is 204 g/mol. The van der Waals surface area contributed by atoms with Gasteiger partial charge in [0.1, 0.15) is 0 Å². The Morgan fingerprint density at radius 1 is 1.20 bits per heavy atom. The third kappa shape index (κ3) is 2.23. The fourth-order valence-electron chi connectivity index (χ4n) is 2.14. The van der Waals surface area contributed by atoms with E-state index in [9.17, 15) is 0 Å². The van der Waals surface area contributed by atoms with Crippen LogP contribution in [0, 0.1) is 5.92 Å². The largest absolute Gasteiger partial charge is 0.374 e. The molecule has 0 radical (unpaired) electrons. The summed E-state index contributed by atoms with van der Waals surface area (Å²) in [6, 6.07) is 8.95. The quantitative estimate of drug-likeness (QED) is 0.729. The van der Waals surface area contributed by atoms with E-state index in [1.807, 2.05) is 7.11 Å². The molecule has 0 spiro atoms. The van der Waals surface area contributed by atoms with Crippen LogP contribution in [0.25, 0.3) is 0 Å². The Balaban J connectivity index is 2.10. The maximum atomic E-state index is 5.56. The molecule has 1 heteroatoms. The zero-order valence-electron chi connectivity index (χ0n) is 9.92. The van der Waals surface area contributed by atoms with Crippen LogP contribution in [-0.2, 0) is 16.8 Å². The molecule has 0 aliphatic heterocycles. The average Bonchev–Trinajstić information content (AvgIpc) is 2.99. The Kier molecular flexibility index (Phi) is 2.83. The van der Waals surface area contributed by atoms with Gasteiger partial charge in [-0.15, -0.1) is 0 Å². The maximum Gasteiger partial charge on any atom is 0.0929 e. The second kappa shape index (κ2) is 3.97. The molecule has 0 bridgehead atoms. The van der Waals surface area contributed by atoms with Crippen molar-refractivity contribution in [3.8, 4) is 0 Å². The molecule has 0 atom stereocenters. The highest BCUT2D eigenvalue weighted by molar-refractivity contribution is 5.31. The summed E-state index contributed by atoms with van der Waals surface area (Å²) >= 11 is 0. The Hall–Kier alpha value is -0.820. The van der Waals surface area contributed by atoms with Gasteiger partial charge < -0.3 is 4.74 Å². The lowest BCUT2D eigenvalue weighted by molar-refractivity contribution is 0.0789. The lowest BCUT2D eigenvalue weighted by Crippen LogP contribution is -2.08. The van der Waals surface area contributed by atoms with Crippen molar-refractivity contribution >= 4 is 0 Å². The molecule has 82 valence electrons. The Morgan fingerprint density at radius 3 is 2.20 bits per heavy atom. The van der Waals surface area contributed by atoms with Gasteiger partial charge in [0.15, 0.2) is 0 Å². The smallest absolute Gasteiger partial charge is 0.0929 e. The second-order valence-corrected chi connectivity index (χ2v) is 4.99. The number of hydrogen-bond acceptors (Lipinski definition) is 1. The first-order valence-corrected chi connectivity index (χ1v) is 5.81. The minimum absolute atomic E-state index is 0.0658. The lowest BCUT2D eigenvalue weighted by Gasteiger charge is -2.14. The minimum Gasteiger partial charge on any atom is -0.374 e. The van der Waals surface area contributed by atoms with E-state index in [2.05, 4.69) is 38.1 Å². The van der Waals surface area contributed by atoms with Crippen LogP contribution in [0.15, 0.2) is 24.3 Å². The van der Waals surface area contributed by atoms with E-state index in [0.29, 0.717) is 0 Å². The van der Waals surface area contributed by atoms with Gasteiger partial charge in [-0.1, -0.05) is 38.1 Å². The topological polar surface area (TPSA) is 9.23 Å². The van der Waals surface area contributed by atoms with Crippen LogP contribution in [0.2, 0.25) is 0 Å². The standard InChI is InChI=1S/C14H20O/c1-11(2)10-12-4-6-13(7-5-12)14(15-3)8-9-14/h4-7,11H,8-10H2,1-3H3. The summed E-state index contributed by atoms with van der Waals surface area (Å²) in [5.41, 5.74) is 2.84. The van der Waals surface area contributed by atoms with Crippen LogP contribution in [0.5, 0.6) is 0 Å². The lowest BCUT2D eigenvalue weighted by atomic mass is 9.99. The van der Waals surface area contributed by atoms with Crippen molar-refractivity contribution in [2.75, 3.05) is 7.11 Å². The van der Waals surface area contributed by atoms with Crippen molar-refractivity contribution < 1.29 is 4.74 Å². The molecule has 0 unspecified atom stereocenters. The molecule has 0 heterocycles. The summed E-state index contributed by atoms with van der Waals surface area (Å²) in [6.45, 7) is 4.51. The number of methoxy groups -OCH3 is 1. The molecule has 1 fully saturated rings. The number of ether oxygens (including phenoxy) is 1. The van der Waals surface area contributed by atoms with Crippen molar-refractivity contribution in [2.24, 2.45) is 5.92 Å². The molecule has 1 aromatic carbocycles. The van der Waals surface area contributed by atoms with Crippen LogP contribution in [-0.4, -0.2) is 7.11 Å². The molecule has 0 amide bonds. The summed E-state index contributed by atoms with van der Waals surface area (Å²) in [4.78, 5) is 0. The first kappa shape index (κ1) is 10.7. The highest BCUT2D eigenvalue weighted by Gasteiger charge is 2.44. The minimum atomic E-state index is 0.0658. The Labute approximate surface area is 92.5 Å². The van der Waals surface area contributed by atoms with Crippen molar-refractivity contribution in [3.63, 3.8) is 0 Å². The third-order valence-electron chi connectivity index (χ3n) is 3.22. The van der Waals surface area contributed by atoms with Gasteiger partial charge in [0.05, 0.1) is 5.60 Å².